The number of primary amides is 1. The molecule has 1 saturated heterocycles. The zero-order chi connectivity index (χ0) is 16.4. The molecule has 122 valence electrons. The second-order valence-corrected chi connectivity index (χ2v) is 7.53. The van der Waals surface area contributed by atoms with Crippen LogP contribution in [0, 0.1) is 5.41 Å². The summed E-state index contributed by atoms with van der Waals surface area (Å²) in [6.07, 6.45) is 2.65. The Morgan fingerprint density at radius 3 is 2.91 bits per heavy atom. The van der Waals surface area contributed by atoms with Crippen molar-refractivity contribution in [3.8, 4) is 0 Å². The molecule has 1 aliphatic heterocycles. The highest BCUT2D eigenvalue weighted by molar-refractivity contribution is 7.18. The van der Waals surface area contributed by atoms with E-state index in [1.165, 1.54) is 0 Å². The largest absolute Gasteiger partial charge is 0.369 e. The van der Waals surface area contributed by atoms with Gasteiger partial charge in [-0.2, -0.15) is 0 Å². The van der Waals surface area contributed by atoms with Gasteiger partial charge in [0.1, 0.15) is 0 Å². The first kappa shape index (κ1) is 15.9. The monoisotopic (exact) mass is 331 g/mol. The lowest BCUT2D eigenvalue weighted by Crippen LogP contribution is -2.50. The van der Waals surface area contributed by atoms with Crippen LogP contribution in [0.2, 0.25) is 0 Å². The SMILES string of the molecule is CC1(C(N)=O)CCCN(C(=O)CCc2nc3ccccc3s2)C1. The lowest BCUT2D eigenvalue weighted by Gasteiger charge is -2.38. The molecule has 2 heterocycles. The van der Waals surface area contributed by atoms with Crippen LogP contribution in [0.4, 0.5) is 0 Å². The first-order valence-corrected chi connectivity index (χ1v) is 8.72. The Balaban J connectivity index is 1.61. The molecule has 6 heteroatoms. The number of aryl methyl sites for hydroxylation is 1. The Morgan fingerprint density at radius 2 is 2.17 bits per heavy atom. The maximum atomic E-state index is 12.4. The molecule has 2 aromatic rings. The number of para-hydroxylation sites is 1. The number of nitrogens with zero attached hydrogens (tertiary/aromatic N) is 2. The smallest absolute Gasteiger partial charge is 0.225 e. The number of piperidine rings is 1. The normalized spacial score (nSPS) is 21.5. The first-order valence-electron chi connectivity index (χ1n) is 7.90. The van der Waals surface area contributed by atoms with Crippen molar-refractivity contribution in [3.63, 3.8) is 0 Å². The highest BCUT2D eigenvalue weighted by Crippen LogP contribution is 2.29. The van der Waals surface area contributed by atoms with Crippen LogP contribution in [-0.4, -0.2) is 34.8 Å². The Labute approximate surface area is 139 Å². The fourth-order valence-electron chi connectivity index (χ4n) is 3.05. The number of likely N-dealkylation sites (tertiary alicyclic amines) is 1. The highest BCUT2D eigenvalue weighted by Gasteiger charge is 2.37. The third-order valence-corrected chi connectivity index (χ3v) is 5.63. The van der Waals surface area contributed by atoms with Crippen LogP contribution in [0.25, 0.3) is 10.2 Å². The van der Waals surface area contributed by atoms with Crippen molar-refractivity contribution in [1.29, 1.82) is 0 Å². The van der Waals surface area contributed by atoms with Gasteiger partial charge in [-0.05, 0) is 31.9 Å². The van der Waals surface area contributed by atoms with Crippen molar-refractivity contribution in [2.24, 2.45) is 11.1 Å². The summed E-state index contributed by atoms with van der Waals surface area (Å²) in [7, 11) is 0. The number of amides is 2. The maximum Gasteiger partial charge on any atom is 0.225 e. The fraction of sp³-hybridized carbons (Fsp3) is 0.471. The number of hydrogen-bond donors (Lipinski definition) is 1. The molecule has 0 bridgehead atoms. The van der Waals surface area contributed by atoms with Gasteiger partial charge in [-0.25, -0.2) is 4.98 Å². The Morgan fingerprint density at radius 1 is 1.39 bits per heavy atom. The number of rotatable bonds is 4. The number of thiazole rings is 1. The van der Waals surface area contributed by atoms with Crippen molar-refractivity contribution >= 4 is 33.4 Å². The number of fused-ring (bicyclic) bond motifs is 1. The van der Waals surface area contributed by atoms with E-state index in [-0.39, 0.29) is 11.8 Å². The van der Waals surface area contributed by atoms with Gasteiger partial charge in [0.25, 0.3) is 0 Å². The molecule has 1 aliphatic rings. The maximum absolute atomic E-state index is 12.4. The zero-order valence-corrected chi connectivity index (χ0v) is 14.1. The molecule has 0 spiro atoms. The van der Waals surface area contributed by atoms with E-state index in [2.05, 4.69) is 4.98 Å². The summed E-state index contributed by atoms with van der Waals surface area (Å²) in [5.74, 6) is -0.238. The van der Waals surface area contributed by atoms with Gasteiger partial charge >= 0.3 is 0 Å². The number of carbonyl (C=O) groups is 2. The topological polar surface area (TPSA) is 76.3 Å². The molecule has 2 amide bonds. The van der Waals surface area contributed by atoms with E-state index in [0.717, 1.165) is 28.1 Å². The van der Waals surface area contributed by atoms with Crippen LogP contribution in [0.5, 0.6) is 0 Å². The quantitative estimate of drug-likeness (QED) is 0.934. The molecule has 3 rings (SSSR count). The van der Waals surface area contributed by atoms with Crippen molar-refractivity contribution in [2.45, 2.75) is 32.6 Å². The summed E-state index contributed by atoms with van der Waals surface area (Å²) in [4.78, 5) is 30.4. The number of nitrogens with two attached hydrogens (primary N) is 1. The zero-order valence-electron chi connectivity index (χ0n) is 13.2. The molecule has 0 aliphatic carbocycles. The molecule has 1 aromatic carbocycles. The summed E-state index contributed by atoms with van der Waals surface area (Å²) >= 11 is 1.63. The van der Waals surface area contributed by atoms with E-state index >= 15 is 0 Å². The molecule has 1 aromatic heterocycles. The Hall–Kier alpha value is -1.95. The van der Waals surface area contributed by atoms with Gasteiger partial charge in [0, 0.05) is 25.9 Å². The average Bonchev–Trinajstić information content (AvgIpc) is 2.95. The van der Waals surface area contributed by atoms with Crippen LogP contribution in [0.1, 0.15) is 31.2 Å². The molecule has 5 nitrogen and oxygen atoms in total. The van der Waals surface area contributed by atoms with Crippen molar-refractivity contribution in [1.82, 2.24) is 9.88 Å². The van der Waals surface area contributed by atoms with Gasteiger partial charge in [0.2, 0.25) is 11.8 Å². The average molecular weight is 331 g/mol. The Bertz CT molecular complexity index is 709. The molecule has 1 unspecified atom stereocenters. The minimum atomic E-state index is -0.593. The van der Waals surface area contributed by atoms with Crippen LogP contribution in [-0.2, 0) is 16.0 Å². The third-order valence-electron chi connectivity index (χ3n) is 4.53. The first-order chi connectivity index (χ1) is 11.0. The summed E-state index contributed by atoms with van der Waals surface area (Å²) in [5.41, 5.74) is 5.88. The minimum absolute atomic E-state index is 0.0800. The van der Waals surface area contributed by atoms with E-state index in [1.54, 1.807) is 16.2 Å². The van der Waals surface area contributed by atoms with Crippen LogP contribution >= 0.6 is 11.3 Å². The molecular weight excluding hydrogens is 310 g/mol. The van der Waals surface area contributed by atoms with Gasteiger partial charge in [-0.15, -0.1) is 11.3 Å². The van der Waals surface area contributed by atoms with E-state index in [9.17, 15) is 9.59 Å². The summed E-state index contributed by atoms with van der Waals surface area (Å²) in [5, 5.41) is 0.981. The predicted octanol–water partition coefficient (Wildman–Crippen LogP) is 2.34. The van der Waals surface area contributed by atoms with E-state index in [0.29, 0.717) is 25.9 Å². The number of hydrogen-bond acceptors (Lipinski definition) is 4. The number of benzene rings is 1. The lowest BCUT2D eigenvalue weighted by atomic mass is 9.81. The van der Waals surface area contributed by atoms with E-state index in [1.807, 2.05) is 31.2 Å². The van der Waals surface area contributed by atoms with Crippen LogP contribution < -0.4 is 5.73 Å². The summed E-state index contributed by atoms with van der Waals surface area (Å²) < 4.78 is 1.15. The predicted molar refractivity (Wildman–Crippen MR) is 91.1 cm³/mol. The van der Waals surface area contributed by atoms with E-state index in [4.69, 9.17) is 5.73 Å². The minimum Gasteiger partial charge on any atom is -0.369 e. The van der Waals surface area contributed by atoms with Crippen LogP contribution in [0.15, 0.2) is 24.3 Å². The molecule has 0 saturated carbocycles. The number of aromatic nitrogens is 1. The highest BCUT2D eigenvalue weighted by atomic mass is 32.1. The van der Waals surface area contributed by atoms with Gasteiger partial charge in [0.15, 0.2) is 0 Å². The van der Waals surface area contributed by atoms with Crippen LogP contribution in [0.3, 0.4) is 0 Å². The molecule has 1 fully saturated rings. The van der Waals surface area contributed by atoms with E-state index < -0.39 is 5.41 Å². The molecule has 1 atom stereocenters. The second kappa shape index (κ2) is 6.28. The standard InChI is InChI=1S/C17H21N3O2S/c1-17(16(18)22)9-4-10-20(11-17)15(21)8-7-14-19-12-5-2-3-6-13(12)23-14/h2-3,5-6H,4,7-11H2,1H3,(H2,18,22). The van der Waals surface area contributed by atoms with Crippen molar-refractivity contribution in [2.75, 3.05) is 13.1 Å². The van der Waals surface area contributed by atoms with Gasteiger partial charge in [0.05, 0.1) is 20.6 Å². The number of carbonyl (C=O) groups excluding carboxylic acids is 2. The second-order valence-electron chi connectivity index (χ2n) is 6.42. The molecule has 0 radical (unpaired) electrons. The summed E-state index contributed by atoms with van der Waals surface area (Å²) in [6, 6.07) is 7.99. The lowest BCUT2D eigenvalue weighted by molar-refractivity contribution is -0.139. The summed E-state index contributed by atoms with van der Waals surface area (Å²) in [6.45, 7) is 2.99. The Kier molecular flexibility index (Phi) is 4.35. The third kappa shape index (κ3) is 3.37. The van der Waals surface area contributed by atoms with Crippen molar-refractivity contribution in [3.05, 3.63) is 29.3 Å². The van der Waals surface area contributed by atoms with Gasteiger partial charge in [-0.1, -0.05) is 12.1 Å². The fourth-order valence-corrected chi connectivity index (χ4v) is 4.02. The van der Waals surface area contributed by atoms with Crippen molar-refractivity contribution < 1.29 is 9.59 Å². The molecular formula is C17H21N3O2S. The molecule has 2 N–H and O–H groups in total. The molecule has 23 heavy (non-hydrogen) atoms. The van der Waals surface area contributed by atoms with Gasteiger partial charge in [-0.3, -0.25) is 9.59 Å². The van der Waals surface area contributed by atoms with Gasteiger partial charge < -0.3 is 10.6 Å².